The van der Waals surface area contributed by atoms with Gasteiger partial charge in [0.15, 0.2) is 11.9 Å². The van der Waals surface area contributed by atoms with E-state index in [2.05, 4.69) is 15.1 Å². The number of amides is 1. The van der Waals surface area contributed by atoms with Gasteiger partial charge in [-0.2, -0.15) is 18.2 Å². The standard InChI is InChI=1S/C18H21F3N4O4/c1-12(28-13-4-3-7-22-11-13)15(26)25-8-5-17(27-2,6-9-25)16-23-14(24-29-16)10-18(19,20)21/h3-4,7,11-12H,5-6,8-10H2,1-2H3. The largest absolute Gasteiger partial charge is 0.479 e. The van der Waals surface area contributed by atoms with Gasteiger partial charge in [-0.05, 0) is 19.1 Å². The minimum atomic E-state index is -4.43. The molecule has 0 bridgehead atoms. The zero-order valence-electron chi connectivity index (χ0n) is 16.0. The summed E-state index contributed by atoms with van der Waals surface area (Å²) < 4.78 is 53.8. The Labute approximate surface area is 165 Å². The molecule has 2 aromatic heterocycles. The van der Waals surface area contributed by atoms with Crippen molar-refractivity contribution in [3.05, 3.63) is 36.2 Å². The Bertz CT molecular complexity index is 820. The summed E-state index contributed by atoms with van der Waals surface area (Å²) in [6, 6.07) is 3.41. The van der Waals surface area contributed by atoms with Crippen molar-refractivity contribution in [3.8, 4) is 5.75 Å². The highest BCUT2D eigenvalue weighted by atomic mass is 19.4. The number of likely N-dealkylation sites (tertiary alicyclic amines) is 1. The number of methoxy groups -OCH3 is 1. The van der Waals surface area contributed by atoms with Crippen LogP contribution in [0.4, 0.5) is 13.2 Å². The lowest BCUT2D eigenvalue weighted by atomic mass is 9.90. The quantitative estimate of drug-likeness (QED) is 0.717. The fourth-order valence-corrected chi connectivity index (χ4v) is 3.21. The summed E-state index contributed by atoms with van der Waals surface area (Å²) in [6.07, 6.45) is -2.68. The van der Waals surface area contributed by atoms with Gasteiger partial charge in [0, 0.05) is 39.2 Å². The van der Waals surface area contributed by atoms with E-state index in [1.165, 1.54) is 13.3 Å². The van der Waals surface area contributed by atoms with Crippen LogP contribution in [0, 0.1) is 0 Å². The third kappa shape index (κ3) is 5.03. The zero-order valence-corrected chi connectivity index (χ0v) is 16.0. The van der Waals surface area contributed by atoms with Crippen molar-refractivity contribution in [1.82, 2.24) is 20.0 Å². The summed E-state index contributed by atoms with van der Waals surface area (Å²) in [7, 11) is 1.43. The first kappa shape index (κ1) is 21.0. The smallest absolute Gasteiger partial charge is 0.396 e. The Kier molecular flexibility index (Phi) is 6.06. The monoisotopic (exact) mass is 414 g/mol. The molecule has 1 saturated heterocycles. The lowest BCUT2D eigenvalue weighted by molar-refractivity contribution is -0.145. The highest BCUT2D eigenvalue weighted by molar-refractivity contribution is 5.81. The molecule has 0 radical (unpaired) electrons. The molecule has 29 heavy (non-hydrogen) atoms. The van der Waals surface area contributed by atoms with Gasteiger partial charge in [0.25, 0.3) is 11.8 Å². The van der Waals surface area contributed by atoms with E-state index in [9.17, 15) is 18.0 Å². The normalized spacial score (nSPS) is 17.8. The number of rotatable bonds is 6. The molecule has 0 saturated carbocycles. The fraction of sp³-hybridized carbons (Fsp3) is 0.556. The molecule has 3 rings (SSSR count). The minimum absolute atomic E-state index is 0.00833. The van der Waals surface area contributed by atoms with Gasteiger partial charge < -0.3 is 18.9 Å². The number of carbonyl (C=O) groups excluding carboxylic acids is 1. The predicted octanol–water partition coefficient (Wildman–Crippen LogP) is 2.50. The fourth-order valence-electron chi connectivity index (χ4n) is 3.21. The number of carbonyl (C=O) groups is 1. The maximum absolute atomic E-state index is 12.7. The maximum Gasteiger partial charge on any atom is 0.396 e. The van der Waals surface area contributed by atoms with Crippen LogP contribution in [0.3, 0.4) is 0 Å². The van der Waals surface area contributed by atoms with E-state index < -0.39 is 30.1 Å². The molecule has 0 aromatic carbocycles. The van der Waals surface area contributed by atoms with Gasteiger partial charge >= 0.3 is 6.18 Å². The number of nitrogens with zero attached hydrogens (tertiary/aromatic N) is 4. The van der Waals surface area contributed by atoms with E-state index >= 15 is 0 Å². The van der Waals surface area contributed by atoms with Gasteiger partial charge in [0.05, 0.1) is 6.20 Å². The molecule has 1 aliphatic heterocycles. The highest BCUT2D eigenvalue weighted by Crippen LogP contribution is 2.36. The SMILES string of the molecule is COC1(c2nc(CC(F)(F)F)no2)CCN(C(=O)C(C)Oc2cccnc2)CC1. The molecule has 0 aliphatic carbocycles. The van der Waals surface area contributed by atoms with Crippen molar-refractivity contribution in [3.63, 3.8) is 0 Å². The molecule has 158 valence electrons. The molecule has 2 aromatic rings. The summed E-state index contributed by atoms with van der Waals surface area (Å²) in [5.41, 5.74) is -1.03. The van der Waals surface area contributed by atoms with Gasteiger partial charge in [0.1, 0.15) is 17.8 Å². The molecule has 1 amide bonds. The van der Waals surface area contributed by atoms with Crippen molar-refractivity contribution < 1.29 is 32.0 Å². The molecular weight excluding hydrogens is 393 g/mol. The Balaban J connectivity index is 1.62. The zero-order chi connectivity index (χ0) is 21.1. The number of ether oxygens (including phenoxy) is 2. The van der Waals surface area contributed by atoms with E-state index in [4.69, 9.17) is 14.0 Å². The van der Waals surface area contributed by atoms with Gasteiger partial charge in [-0.15, -0.1) is 0 Å². The first-order chi connectivity index (χ1) is 13.7. The molecule has 3 heterocycles. The van der Waals surface area contributed by atoms with Gasteiger partial charge in [-0.3, -0.25) is 9.78 Å². The molecule has 0 spiro atoms. The summed E-state index contributed by atoms with van der Waals surface area (Å²) in [5.74, 6) is -0.173. The highest BCUT2D eigenvalue weighted by Gasteiger charge is 2.43. The maximum atomic E-state index is 12.7. The summed E-state index contributed by atoms with van der Waals surface area (Å²) >= 11 is 0. The van der Waals surface area contributed by atoms with E-state index in [1.54, 1.807) is 30.2 Å². The van der Waals surface area contributed by atoms with Crippen LogP contribution in [-0.4, -0.2) is 58.4 Å². The van der Waals surface area contributed by atoms with Crippen LogP contribution in [-0.2, 0) is 21.6 Å². The number of aromatic nitrogens is 3. The van der Waals surface area contributed by atoms with Gasteiger partial charge in [-0.25, -0.2) is 0 Å². The second-order valence-corrected chi connectivity index (χ2v) is 6.78. The predicted molar refractivity (Wildman–Crippen MR) is 92.9 cm³/mol. The van der Waals surface area contributed by atoms with Crippen molar-refractivity contribution in [1.29, 1.82) is 0 Å². The average molecular weight is 414 g/mol. The van der Waals surface area contributed by atoms with Crippen LogP contribution in [0.15, 0.2) is 29.0 Å². The van der Waals surface area contributed by atoms with Gasteiger partial charge in [-0.1, -0.05) is 5.16 Å². The van der Waals surface area contributed by atoms with Crippen molar-refractivity contribution in [2.24, 2.45) is 0 Å². The van der Waals surface area contributed by atoms with Crippen LogP contribution >= 0.6 is 0 Å². The number of halogens is 3. The Morgan fingerprint density at radius 1 is 1.38 bits per heavy atom. The summed E-state index contributed by atoms with van der Waals surface area (Å²) in [6.45, 7) is 2.27. The van der Waals surface area contributed by atoms with Crippen molar-refractivity contribution in [2.45, 2.75) is 44.1 Å². The van der Waals surface area contributed by atoms with Crippen molar-refractivity contribution >= 4 is 5.91 Å². The van der Waals surface area contributed by atoms with Crippen LogP contribution in [0.2, 0.25) is 0 Å². The van der Waals surface area contributed by atoms with Crippen LogP contribution in [0.5, 0.6) is 5.75 Å². The molecule has 8 nitrogen and oxygen atoms in total. The third-order valence-corrected chi connectivity index (χ3v) is 4.78. The molecule has 1 aliphatic rings. The van der Waals surface area contributed by atoms with Crippen LogP contribution < -0.4 is 4.74 Å². The van der Waals surface area contributed by atoms with E-state index in [0.717, 1.165) is 0 Å². The van der Waals surface area contributed by atoms with Crippen LogP contribution in [0.25, 0.3) is 0 Å². The van der Waals surface area contributed by atoms with E-state index in [0.29, 0.717) is 31.7 Å². The number of alkyl halides is 3. The van der Waals surface area contributed by atoms with E-state index in [1.807, 2.05) is 0 Å². The molecule has 1 unspecified atom stereocenters. The van der Waals surface area contributed by atoms with Crippen LogP contribution in [0.1, 0.15) is 31.5 Å². The number of hydrogen-bond donors (Lipinski definition) is 0. The second-order valence-electron chi connectivity index (χ2n) is 6.78. The lowest BCUT2D eigenvalue weighted by Crippen LogP contribution is -2.49. The summed E-state index contributed by atoms with van der Waals surface area (Å²) in [4.78, 5) is 22.1. The topological polar surface area (TPSA) is 90.6 Å². The lowest BCUT2D eigenvalue weighted by Gasteiger charge is -2.39. The molecule has 0 N–H and O–H groups in total. The number of hydrogen-bond acceptors (Lipinski definition) is 7. The minimum Gasteiger partial charge on any atom is -0.479 e. The first-order valence-corrected chi connectivity index (χ1v) is 9.03. The summed E-state index contributed by atoms with van der Waals surface area (Å²) in [5, 5.41) is 3.41. The molecule has 1 fully saturated rings. The third-order valence-electron chi connectivity index (χ3n) is 4.78. The number of pyridine rings is 1. The molecule has 1 atom stereocenters. The average Bonchev–Trinajstić information content (AvgIpc) is 3.15. The molecular formula is C18H21F3N4O4. The number of piperidine rings is 1. The first-order valence-electron chi connectivity index (χ1n) is 9.03. The molecule has 11 heteroatoms. The Morgan fingerprint density at radius 3 is 2.69 bits per heavy atom. The van der Waals surface area contributed by atoms with Crippen molar-refractivity contribution in [2.75, 3.05) is 20.2 Å². The Morgan fingerprint density at radius 2 is 2.10 bits per heavy atom. The van der Waals surface area contributed by atoms with E-state index in [-0.39, 0.29) is 11.8 Å². The second kappa shape index (κ2) is 8.36. The van der Waals surface area contributed by atoms with Gasteiger partial charge in [0.2, 0.25) is 0 Å². The Hall–Kier alpha value is -2.69.